The van der Waals surface area contributed by atoms with Crippen LogP contribution in [-0.4, -0.2) is 57.2 Å². The third-order valence-electron chi connectivity index (χ3n) is 7.52. The SMILES string of the molecule is Cc1ccnn1CC(=O)N1CCN(C23CC4CC(CC(C4)C2)C3)CC1. The van der Waals surface area contributed by atoms with Gasteiger partial charge >= 0.3 is 0 Å². The highest BCUT2D eigenvalue weighted by Crippen LogP contribution is 2.57. The monoisotopic (exact) mass is 342 g/mol. The van der Waals surface area contributed by atoms with Crippen LogP contribution in [0.15, 0.2) is 12.3 Å². The summed E-state index contributed by atoms with van der Waals surface area (Å²) in [5.74, 6) is 3.20. The van der Waals surface area contributed by atoms with Crippen molar-refractivity contribution in [1.29, 1.82) is 0 Å². The Morgan fingerprint density at radius 2 is 1.68 bits per heavy atom. The van der Waals surface area contributed by atoms with E-state index in [1.807, 2.05) is 17.7 Å². The molecular formula is C20H30N4O. The van der Waals surface area contributed by atoms with Gasteiger partial charge in [0.2, 0.25) is 5.91 Å². The third kappa shape index (κ3) is 2.71. The van der Waals surface area contributed by atoms with Gasteiger partial charge in [-0.1, -0.05) is 0 Å². The molecule has 0 spiro atoms. The average Bonchev–Trinajstić information content (AvgIpc) is 2.99. The first kappa shape index (κ1) is 15.9. The summed E-state index contributed by atoms with van der Waals surface area (Å²) < 4.78 is 1.81. The molecule has 1 aromatic heterocycles. The number of amides is 1. The van der Waals surface area contributed by atoms with Gasteiger partial charge in [0.25, 0.3) is 0 Å². The van der Waals surface area contributed by atoms with Crippen molar-refractivity contribution in [3.8, 4) is 0 Å². The van der Waals surface area contributed by atoms with Crippen molar-refractivity contribution < 1.29 is 4.79 Å². The molecule has 1 aliphatic heterocycles. The Kier molecular flexibility index (Phi) is 3.70. The van der Waals surface area contributed by atoms with Gasteiger partial charge in [-0.3, -0.25) is 14.4 Å². The summed E-state index contributed by atoms with van der Waals surface area (Å²) in [5, 5.41) is 4.25. The number of aromatic nitrogens is 2. The van der Waals surface area contributed by atoms with E-state index in [1.54, 1.807) is 6.20 Å². The molecular weight excluding hydrogens is 312 g/mol. The van der Waals surface area contributed by atoms with Crippen LogP contribution < -0.4 is 0 Å². The Hall–Kier alpha value is -1.36. The maximum Gasteiger partial charge on any atom is 0.244 e. The van der Waals surface area contributed by atoms with Crippen LogP contribution in [0.1, 0.15) is 44.2 Å². The summed E-state index contributed by atoms with van der Waals surface area (Å²) in [7, 11) is 0. The highest BCUT2D eigenvalue weighted by atomic mass is 16.2. The quantitative estimate of drug-likeness (QED) is 0.846. The van der Waals surface area contributed by atoms with Crippen LogP contribution in [0.2, 0.25) is 0 Å². The number of rotatable bonds is 3. The molecule has 0 unspecified atom stereocenters. The van der Waals surface area contributed by atoms with Gasteiger partial charge in [0.15, 0.2) is 0 Å². The second-order valence-electron chi connectivity index (χ2n) is 9.14. The fourth-order valence-corrected chi connectivity index (χ4v) is 6.67. The van der Waals surface area contributed by atoms with Crippen molar-refractivity contribution >= 4 is 5.91 Å². The molecule has 5 heteroatoms. The number of carbonyl (C=O) groups is 1. The van der Waals surface area contributed by atoms with Crippen molar-refractivity contribution in [3.63, 3.8) is 0 Å². The van der Waals surface area contributed by atoms with Crippen LogP contribution in [0.3, 0.4) is 0 Å². The molecule has 25 heavy (non-hydrogen) atoms. The Morgan fingerprint density at radius 3 is 2.20 bits per heavy atom. The largest absolute Gasteiger partial charge is 0.339 e. The Morgan fingerprint density at radius 1 is 1.08 bits per heavy atom. The van der Waals surface area contributed by atoms with Crippen LogP contribution in [0.4, 0.5) is 0 Å². The third-order valence-corrected chi connectivity index (χ3v) is 7.52. The van der Waals surface area contributed by atoms with Crippen LogP contribution in [0, 0.1) is 24.7 Å². The van der Waals surface area contributed by atoms with Gasteiger partial charge in [0, 0.05) is 43.6 Å². The summed E-state index contributed by atoms with van der Waals surface area (Å²) in [6, 6.07) is 1.96. The number of hydrogen-bond donors (Lipinski definition) is 0. The molecule has 136 valence electrons. The average molecular weight is 342 g/mol. The highest BCUT2D eigenvalue weighted by Gasteiger charge is 2.53. The zero-order valence-corrected chi connectivity index (χ0v) is 15.4. The van der Waals surface area contributed by atoms with Gasteiger partial charge in [-0.05, 0) is 69.3 Å². The maximum atomic E-state index is 12.6. The van der Waals surface area contributed by atoms with E-state index in [4.69, 9.17) is 0 Å². The molecule has 1 aromatic rings. The van der Waals surface area contributed by atoms with Crippen molar-refractivity contribution in [2.24, 2.45) is 17.8 Å². The van der Waals surface area contributed by atoms with E-state index >= 15 is 0 Å². The lowest BCUT2D eigenvalue weighted by Gasteiger charge is -2.61. The lowest BCUT2D eigenvalue weighted by Crippen LogP contribution is -2.64. The molecule has 0 N–H and O–H groups in total. The number of carbonyl (C=O) groups excluding carboxylic acids is 1. The van der Waals surface area contributed by atoms with Gasteiger partial charge in [-0.15, -0.1) is 0 Å². The highest BCUT2D eigenvalue weighted by molar-refractivity contribution is 5.76. The topological polar surface area (TPSA) is 41.4 Å². The zero-order valence-electron chi connectivity index (χ0n) is 15.4. The summed E-state index contributed by atoms with van der Waals surface area (Å²) in [6.45, 7) is 6.30. The van der Waals surface area contributed by atoms with Crippen LogP contribution in [0.5, 0.6) is 0 Å². The predicted octanol–water partition coefficient (Wildman–Crippen LogP) is 2.30. The molecule has 5 fully saturated rings. The van der Waals surface area contributed by atoms with Crippen LogP contribution >= 0.6 is 0 Å². The number of piperazine rings is 1. The minimum atomic E-state index is 0.219. The molecule has 0 radical (unpaired) electrons. The number of hydrogen-bond acceptors (Lipinski definition) is 3. The van der Waals surface area contributed by atoms with E-state index in [-0.39, 0.29) is 5.91 Å². The molecule has 1 saturated heterocycles. The van der Waals surface area contributed by atoms with E-state index in [0.29, 0.717) is 12.1 Å². The van der Waals surface area contributed by atoms with E-state index in [1.165, 1.54) is 38.5 Å². The minimum absolute atomic E-state index is 0.219. The molecule has 0 atom stereocenters. The molecule has 5 aliphatic rings. The summed E-state index contributed by atoms with van der Waals surface area (Å²) in [5.41, 5.74) is 1.54. The second kappa shape index (κ2) is 5.83. The maximum absolute atomic E-state index is 12.6. The number of aryl methyl sites for hydroxylation is 1. The molecule has 6 rings (SSSR count). The first-order valence-corrected chi connectivity index (χ1v) is 10.1. The first-order valence-electron chi connectivity index (χ1n) is 10.1. The fourth-order valence-electron chi connectivity index (χ4n) is 6.67. The van der Waals surface area contributed by atoms with Crippen molar-refractivity contribution in [2.75, 3.05) is 26.2 Å². The Balaban J connectivity index is 1.22. The second-order valence-corrected chi connectivity index (χ2v) is 9.14. The summed E-state index contributed by atoms with van der Waals surface area (Å²) >= 11 is 0. The van der Waals surface area contributed by atoms with E-state index in [2.05, 4.69) is 14.9 Å². The van der Waals surface area contributed by atoms with E-state index in [0.717, 1.165) is 49.6 Å². The molecule has 2 heterocycles. The molecule has 0 aromatic carbocycles. The lowest BCUT2D eigenvalue weighted by atomic mass is 9.52. The molecule has 4 bridgehead atoms. The fraction of sp³-hybridized carbons (Fsp3) is 0.800. The normalized spacial score (nSPS) is 37.6. The molecule has 4 aliphatic carbocycles. The van der Waals surface area contributed by atoms with Gasteiger partial charge in [-0.25, -0.2) is 0 Å². The summed E-state index contributed by atoms with van der Waals surface area (Å²) in [4.78, 5) is 17.5. The Labute approximate surface area is 150 Å². The Bertz CT molecular complexity index is 623. The molecule has 5 nitrogen and oxygen atoms in total. The van der Waals surface area contributed by atoms with Gasteiger partial charge in [-0.2, -0.15) is 5.10 Å². The van der Waals surface area contributed by atoms with E-state index < -0.39 is 0 Å². The van der Waals surface area contributed by atoms with Gasteiger partial charge in [0.05, 0.1) is 0 Å². The lowest BCUT2D eigenvalue weighted by molar-refractivity contribution is -0.139. The van der Waals surface area contributed by atoms with Crippen LogP contribution in [-0.2, 0) is 11.3 Å². The smallest absolute Gasteiger partial charge is 0.244 e. The van der Waals surface area contributed by atoms with Crippen molar-refractivity contribution in [2.45, 2.75) is 57.5 Å². The molecule has 1 amide bonds. The standard InChI is InChI=1S/C20H30N4O/c1-15-2-3-21-24(15)14-19(25)22-4-6-23(7-5-22)20-11-16-8-17(12-20)10-18(9-16)13-20/h2-3,16-18H,4-14H2,1H3. The van der Waals surface area contributed by atoms with Crippen LogP contribution in [0.25, 0.3) is 0 Å². The first-order chi connectivity index (χ1) is 12.1. The zero-order chi connectivity index (χ0) is 17.0. The van der Waals surface area contributed by atoms with Gasteiger partial charge in [0.1, 0.15) is 6.54 Å². The van der Waals surface area contributed by atoms with Gasteiger partial charge < -0.3 is 4.90 Å². The molecule has 4 saturated carbocycles. The number of nitrogens with zero attached hydrogens (tertiary/aromatic N) is 4. The summed E-state index contributed by atoms with van der Waals surface area (Å²) in [6.07, 6.45) is 10.6. The minimum Gasteiger partial charge on any atom is -0.339 e. The van der Waals surface area contributed by atoms with Crippen molar-refractivity contribution in [1.82, 2.24) is 19.6 Å². The predicted molar refractivity (Wildman–Crippen MR) is 96.0 cm³/mol. The van der Waals surface area contributed by atoms with E-state index in [9.17, 15) is 4.79 Å². The van der Waals surface area contributed by atoms with Crippen molar-refractivity contribution in [3.05, 3.63) is 18.0 Å².